The number of hydrogen-bond acceptors (Lipinski definition) is 0. The Balaban J connectivity index is 0.00000110. The Bertz CT molecular complexity index is 597. The van der Waals surface area contributed by atoms with Crippen LogP contribution in [-0.2, 0) is 19.2 Å². The summed E-state index contributed by atoms with van der Waals surface area (Å²) < 4.78 is 2.44. The van der Waals surface area contributed by atoms with Crippen molar-refractivity contribution in [1.82, 2.24) is 0 Å². The fraction of sp³-hybridized carbons (Fsp3) is 0.222. The van der Waals surface area contributed by atoms with E-state index >= 15 is 0 Å². The van der Waals surface area contributed by atoms with E-state index < -0.39 is 0 Å². The summed E-state index contributed by atoms with van der Waals surface area (Å²) in [6, 6.07) is 8.85. The Labute approximate surface area is 148 Å². The van der Waals surface area contributed by atoms with Crippen LogP contribution in [0.3, 0.4) is 0 Å². The molecule has 1 atom stereocenters. The quantitative estimate of drug-likeness (QED) is 0.483. The van der Waals surface area contributed by atoms with Gasteiger partial charge in [0, 0.05) is 0 Å². The molecular formula is C18H18Cl2Ti. The monoisotopic (exact) mass is 352 g/mol. The molecule has 0 saturated carbocycles. The fourth-order valence-electron chi connectivity index (χ4n) is 2.70. The molecule has 21 heavy (non-hydrogen) atoms. The second-order valence-electron chi connectivity index (χ2n) is 4.99. The Hall–Kier alpha value is -0.526. The van der Waals surface area contributed by atoms with Crippen molar-refractivity contribution < 1.29 is 44.0 Å². The zero-order valence-corrected chi connectivity index (χ0v) is 15.1. The third kappa shape index (κ3) is 4.23. The van der Waals surface area contributed by atoms with Gasteiger partial charge in [-0.05, 0) is 0 Å². The van der Waals surface area contributed by atoms with Crippen molar-refractivity contribution in [1.29, 1.82) is 0 Å². The van der Waals surface area contributed by atoms with Crippen molar-refractivity contribution in [3.05, 3.63) is 75.2 Å². The zero-order valence-electron chi connectivity index (χ0n) is 12.0. The Kier molecular flexibility index (Phi) is 7.77. The molecule has 3 rings (SSSR count). The van der Waals surface area contributed by atoms with Gasteiger partial charge >= 0.3 is 124 Å². The van der Waals surface area contributed by atoms with E-state index in [1.165, 1.54) is 12.0 Å². The van der Waals surface area contributed by atoms with E-state index in [0.29, 0.717) is 4.22 Å². The first-order valence-corrected chi connectivity index (χ1v) is 8.60. The van der Waals surface area contributed by atoms with E-state index in [-0.39, 0.29) is 44.0 Å². The van der Waals surface area contributed by atoms with Crippen LogP contribution in [0.1, 0.15) is 35.1 Å². The number of hydrogen-bond donors (Lipinski definition) is 0. The fourth-order valence-corrected chi connectivity index (χ4v) is 5.19. The third-order valence-corrected chi connectivity index (χ3v) is 6.37. The molecule has 0 aliphatic heterocycles. The number of allylic oxidation sites excluding steroid dienone is 7. The second kappa shape index (κ2) is 8.81. The first-order valence-electron chi connectivity index (χ1n) is 6.92. The topological polar surface area (TPSA) is 0 Å². The molecule has 0 nitrogen and oxygen atoms in total. The van der Waals surface area contributed by atoms with Gasteiger partial charge < -0.3 is 24.8 Å². The van der Waals surface area contributed by atoms with Gasteiger partial charge in [0.05, 0.1) is 0 Å². The van der Waals surface area contributed by atoms with Crippen LogP contribution < -0.4 is 24.8 Å². The summed E-state index contributed by atoms with van der Waals surface area (Å²) in [7, 11) is 0. The Morgan fingerprint density at radius 3 is 2.81 bits per heavy atom. The van der Waals surface area contributed by atoms with E-state index in [1.807, 2.05) is 0 Å². The maximum atomic E-state index is 2.42. The molecule has 0 bridgehead atoms. The van der Waals surface area contributed by atoms with Crippen LogP contribution in [0.15, 0.2) is 64.1 Å². The SMILES string of the molecule is CC=CCC1=[C]([Ti+2][CH]2C=Cc3ccccc32)CC=C1.[Cl-].[Cl-]. The first kappa shape index (κ1) is 18.5. The summed E-state index contributed by atoms with van der Waals surface area (Å²) in [6.45, 7) is 2.10. The normalized spacial score (nSPS) is 18.4. The predicted octanol–water partition coefficient (Wildman–Crippen LogP) is -0.975. The smallest absolute Gasteiger partial charge is 1.00 e. The molecule has 0 N–H and O–H groups in total. The first-order chi connectivity index (χ1) is 9.38. The molecule has 0 saturated heterocycles. The van der Waals surface area contributed by atoms with Crippen molar-refractivity contribution in [3.8, 4) is 0 Å². The van der Waals surface area contributed by atoms with Crippen LogP contribution in [-0.4, -0.2) is 0 Å². The summed E-state index contributed by atoms with van der Waals surface area (Å²) in [6.07, 6.45) is 16.1. The minimum atomic E-state index is -0.0837. The van der Waals surface area contributed by atoms with Gasteiger partial charge in [0.2, 0.25) is 0 Å². The second-order valence-corrected chi connectivity index (χ2v) is 7.36. The van der Waals surface area contributed by atoms with E-state index in [4.69, 9.17) is 0 Å². The van der Waals surface area contributed by atoms with Gasteiger partial charge in [0.15, 0.2) is 0 Å². The third-order valence-electron chi connectivity index (χ3n) is 3.73. The Morgan fingerprint density at radius 1 is 1.19 bits per heavy atom. The number of fused-ring (bicyclic) bond motifs is 1. The van der Waals surface area contributed by atoms with E-state index in [0.717, 1.165) is 6.42 Å². The van der Waals surface area contributed by atoms with Crippen LogP contribution in [0.2, 0.25) is 0 Å². The summed E-state index contributed by atoms with van der Waals surface area (Å²) in [4.78, 5) is 0. The summed E-state index contributed by atoms with van der Waals surface area (Å²) in [5.41, 5.74) is 4.56. The molecule has 108 valence electrons. The molecule has 0 fully saturated rings. The van der Waals surface area contributed by atoms with E-state index in [2.05, 4.69) is 67.6 Å². The molecular weight excluding hydrogens is 335 g/mol. The molecule has 0 amide bonds. The molecule has 0 radical (unpaired) electrons. The number of rotatable bonds is 4. The zero-order chi connectivity index (χ0) is 13.1. The van der Waals surface area contributed by atoms with Crippen molar-refractivity contribution in [2.45, 2.75) is 24.0 Å². The molecule has 1 unspecified atom stereocenters. The van der Waals surface area contributed by atoms with Crippen molar-refractivity contribution in [2.75, 3.05) is 0 Å². The van der Waals surface area contributed by atoms with E-state index in [1.54, 1.807) is 15.0 Å². The Morgan fingerprint density at radius 2 is 2.00 bits per heavy atom. The van der Waals surface area contributed by atoms with Gasteiger partial charge in [0.1, 0.15) is 0 Å². The predicted molar refractivity (Wildman–Crippen MR) is 78.4 cm³/mol. The standard InChI is InChI=1S/C9H7.C9H11.2ClH.Ti/c1-2-5-9-7-3-6-8(9)4-1;1-2-3-6-9-7-4-5-8-9;;;/h1-7H;2-4,7H,5-6H2,1H3;2*1H;/q;;;;+2/p-2. The number of halogens is 2. The minimum absolute atomic E-state index is 0. The largest absolute Gasteiger partial charge is 1.00 e. The van der Waals surface area contributed by atoms with Crippen LogP contribution in [0.4, 0.5) is 0 Å². The van der Waals surface area contributed by atoms with Crippen LogP contribution >= 0.6 is 0 Å². The molecule has 1 aromatic carbocycles. The average molecular weight is 353 g/mol. The molecule has 2 aliphatic rings. The molecule has 1 aromatic rings. The van der Waals surface area contributed by atoms with Crippen LogP contribution in [0, 0.1) is 0 Å². The van der Waals surface area contributed by atoms with Crippen LogP contribution in [0.5, 0.6) is 0 Å². The van der Waals surface area contributed by atoms with Gasteiger partial charge in [-0.25, -0.2) is 0 Å². The molecule has 3 heteroatoms. The average Bonchev–Trinajstić information content (AvgIpc) is 3.05. The molecule has 0 aromatic heterocycles. The maximum absolute atomic E-state index is 2.42. The van der Waals surface area contributed by atoms with E-state index in [9.17, 15) is 0 Å². The van der Waals surface area contributed by atoms with Gasteiger partial charge in [-0.2, -0.15) is 0 Å². The minimum Gasteiger partial charge on any atom is -1.00 e. The summed E-state index contributed by atoms with van der Waals surface area (Å²) in [5.74, 6) is 0. The van der Waals surface area contributed by atoms with Crippen LogP contribution in [0.25, 0.3) is 6.08 Å². The number of benzene rings is 1. The van der Waals surface area contributed by atoms with Crippen molar-refractivity contribution in [2.24, 2.45) is 0 Å². The van der Waals surface area contributed by atoms with Gasteiger partial charge in [-0.1, -0.05) is 0 Å². The van der Waals surface area contributed by atoms with Gasteiger partial charge in [-0.3, -0.25) is 0 Å². The maximum Gasteiger partial charge on any atom is -1.00 e. The summed E-state index contributed by atoms with van der Waals surface area (Å²) in [5, 5.41) is 0. The van der Waals surface area contributed by atoms with Gasteiger partial charge in [-0.15, -0.1) is 0 Å². The molecule has 0 heterocycles. The molecule has 2 aliphatic carbocycles. The molecule has 0 spiro atoms. The van der Waals surface area contributed by atoms with Gasteiger partial charge in [0.25, 0.3) is 0 Å². The van der Waals surface area contributed by atoms with Crippen molar-refractivity contribution in [3.63, 3.8) is 0 Å². The summed E-state index contributed by atoms with van der Waals surface area (Å²) >= 11 is -0.0837. The van der Waals surface area contributed by atoms with Crippen molar-refractivity contribution >= 4 is 6.08 Å².